The maximum atomic E-state index is 14.2. The number of hydrogen-bond donors (Lipinski definition) is 6. The van der Waals surface area contributed by atoms with Crippen LogP contribution in [0.15, 0.2) is 97.5 Å². The number of carbonyl (C=O) groups excluding carboxylic acids is 8. The lowest BCUT2D eigenvalue weighted by Gasteiger charge is -2.44. The van der Waals surface area contributed by atoms with Gasteiger partial charge in [-0.05, 0) is 147 Å². The predicted molar refractivity (Wildman–Crippen MR) is 408 cm³/mol. The molecule has 14 rings (SSSR count). The van der Waals surface area contributed by atoms with E-state index in [9.17, 15) is 126 Å². The fraction of sp³-hybridized carbons (Fsp3) is 0.576. The van der Waals surface area contributed by atoms with Gasteiger partial charge in [-0.1, -0.05) is 132 Å². The highest BCUT2D eigenvalue weighted by Gasteiger charge is 2.61. The van der Waals surface area contributed by atoms with Crippen LogP contribution in [-0.4, -0.2) is 188 Å². The molecule has 9 aliphatic rings. The third-order valence-corrected chi connectivity index (χ3v) is 25.4. The highest BCUT2D eigenvalue weighted by Crippen LogP contribution is 2.49. The maximum absolute atomic E-state index is 14.2. The van der Waals surface area contributed by atoms with Crippen LogP contribution >= 0.6 is 0 Å². The van der Waals surface area contributed by atoms with E-state index in [1.807, 2.05) is 0 Å². The van der Waals surface area contributed by atoms with Crippen molar-refractivity contribution >= 4 is 82.2 Å². The number of halogens is 11. The number of nitrogens with zero attached hydrogens (tertiary/aromatic N) is 6. The number of amides is 9. The molecule has 5 aromatic rings. The summed E-state index contributed by atoms with van der Waals surface area (Å²) in [5.41, 5.74) is 3.40. The first-order valence-electron chi connectivity index (χ1n) is 41.2. The Morgan fingerprint density at radius 3 is 1.20 bits per heavy atom. The van der Waals surface area contributed by atoms with E-state index >= 15 is 0 Å². The molecule has 7 heterocycles. The molecule has 8 fully saturated rings. The Hall–Kier alpha value is -10.7. The van der Waals surface area contributed by atoms with Crippen molar-refractivity contribution < 1.29 is 136 Å². The highest BCUT2D eigenvalue weighted by molar-refractivity contribution is 6.11. The number of para-hydroxylation sites is 1. The van der Waals surface area contributed by atoms with E-state index in [0.717, 1.165) is 61.9 Å². The molecule has 2 aromatic heterocycles. The summed E-state index contributed by atoms with van der Waals surface area (Å²) in [7, 11) is 0. The van der Waals surface area contributed by atoms with Gasteiger partial charge in [0.05, 0.1) is 59.2 Å². The summed E-state index contributed by atoms with van der Waals surface area (Å²) >= 11 is 0. The smallest absolute Gasteiger partial charge is 0.392 e. The number of rotatable bonds is 24. The number of alkyl halides is 11. The van der Waals surface area contributed by atoms with E-state index in [-0.39, 0.29) is 32.5 Å². The third-order valence-electron chi connectivity index (χ3n) is 25.4. The number of aliphatic carboxylic acids is 4. The molecule has 5 aliphatic heterocycles. The van der Waals surface area contributed by atoms with Crippen molar-refractivity contribution in [2.75, 3.05) is 6.79 Å². The maximum Gasteiger partial charge on any atom is 0.392 e. The van der Waals surface area contributed by atoms with Crippen LogP contribution in [0.1, 0.15) is 177 Å². The molecule has 12 atom stereocenters. The molecule has 0 radical (unpaired) electrons. The Labute approximate surface area is 693 Å². The standard InChI is InChI=1S/C22H24F3N3O4.C22H24F3NO6.C21H24F3NO4.C20H25F2N3O4/c23-22(24,25)16(12-5-2-1-3-6-12)10-18(29)28-19(21(31)32)14(20(28)30)9-13-7-4-8-17-15(13)11-26-27-17;23-22(24,25)15(12-5-2-1-3-6-12)10-17(27)26-18(21(29)30)14(20(26)28)9-13-7-4-8-16-19(13)32-11-31-16;22-21(23,24)16(14-9-5-2-6-10-14)12-17(26)25-18(20(28)29)15(19(25)27)11-13-7-3-1-4-8-13;1-20(21,22)16(13-5-3-2-4-6-13)24-19(29)25-15(18(27)28)14(17(25)26)11-12-7-9-23-10-8-12/h4,7-8,11-12,14,16,19H,1-3,5-6,9-10H2,(H,26,27)(H,31,32);4,7-8,12,14-15,18H,1-3,5-6,9-11H2,(H,29,30);1,3-4,7-8,14-16,18H,2,5-6,9-12H2,(H,28,29);7-10,13-16H,2-6,11H2,1H3,(H,24,29)(H,27,28)/t14-,16+,19+;14-,15+,18+;15-,16+,18+;14?,15-,16-/m1110/s1. The van der Waals surface area contributed by atoms with Crippen molar-refractivity contribution in [2.24, 2.45) is 65.1 Å². The van der Waals surface area contributed by atoms with Crippen molar-refractivity contribution in [3.8, 4) is 11.5 Å². The number of fused-ring (bicyclic) bond motifs is 2. The van der Waals surface area contributed by atoms with E-state index in [4.69, 9.17) is 9.47 Å². The van der Waals surface area contributed by atoms with Gasteiger partial charge < -0.3 is 35.2 Å². The summed E-state index contributed by atoms with van der Waals surface area (Å²) in [5, 5.41) is 48.0. The number of nitrogens with one attached hydrogen (secondary N) is 2. The fourth-order valence-corrected chi connectivity index (χ4v) is 19.1. The lowest BCUT2D eigenvalue weighted by molar-refractivity contribution is -0.200. The number of β-lactam (4-membered cyclic amide) rings is 4. The van der Waals surface area contributed by atoms with E-state index in [1.54, 1.807) is 85.1 Å². The molecule has 0 spiro atoms. The number of ether oxygens (including phenoxy) is 2. The van der Waals surface area contributed by atoms with Crippen LogP contribution in [0.3, 0.4) is 0 Å². The van der Waals surface area contributed by atoms with E-state index in [1.165, 1.54) is 12.4 Å². The zero-order valence-corrected chi connectivity index (χ0v) is 66.6. The monoisotopic (exact) mass is 1730 g/mol. The number of benzene rings is 3. The topological polar surface area (TPSA) is 371 Å². The van der Waals surface area contributed by atoms with Crippen LogP contribution in [-0.2, 0) is 78.4 Å². The summed E-state index contributed by atoms with van der Waals surface area (Å²) in [5.74, 6) is -25.9. The molecule has 9 amide bonds. The molecule has 37 heteroatoms. The summed E-state index contributed by atoms with van der Waals surface area (Å²) in [6.07, 6.45) is 1.17. The minimum Gasteiger partial charge on any atom is -0.480 e. The quantitative estimate of drug-likeness (QED) is 0.0247. The van der Waals surface area contributed by atoms with Gasteiger partial charge in [0.2, 0.25) is 48.1 Å². The van der Waals surface area contributed by atoms with Gasteiger partial charge >= 0.3 is 48.4 Å². The van der Waals surface area contributed by atoms with Crippen LogP contribution in [0.2, 0.25) is 0 Å². The molecule has 1 unspecified atom stereocenters. The zero-order valence-electron chi connectivity index (χ0n) is 66.6. The zero-order chi connectivity index (χ0) is 88.4. The van der Waals surface area contributed by atoms with Crippen molar-refractivity contribution in [3.63, 3.8) is 0 Å². The van der Waals surface area contributed by atoms with Crippen LogP contribution in [0.25, 0.3) is 10.9 Å². The number of imide groups is 4. The third kappa shape index (κ3) is 21.3. The normalized spacial score (nSPS) is 23.9. The van der Waals surface area contributed by atoms with Gasteiger partial charge in [0, 0.05) is 44.0 Å². The molecule has 26 nitrogen and oxygen atoms in total. The molecule has 4 saturated heterocycles. The lowest BCUT2D eigenvalue weighted by atomic mass is 9.76. The second kappa shape index (κ2) is 39.3. The molecular weight excluding hydrogens is 1630 g/mol. The minimum absolute atomic E-state index is 0.00206. The van der Waals surface area contributed by atoms with E-state index in [0.29, 0.717) is 138 Å². The lowest BCUT2D eigenvalue weighted by Crippen LogP contribution is -2.70. The number of aromatic amines is 1. The number of aromatic nitrogens is 3. The van der Waals surface area contributed by atoms with Gasteiger partial charge in [-0.3, -0.25) is 58.3 Å². The second-order valence-corrected chi connectivity index (χ2v) is 33.2. The van der Waals surface area contributed by atoms with E-state index < -0.39 is 210 Å². The summed E-state index contributed by atoms with van der Waals surface area (Å²) in [6, 6.07) is 14.0. The molecule has 122 heavy (non-hydrogen) atoms. The number of likely N-dealkylation sites (tertiary alicyclic amines) is 4. The average molecular weight is 1730 g/mol. The van der Waals surface area contributed by atoms with Crippen LogP contribution in [0.5, 0.6) is 11.5 Å². The Bertz CT molecular complexity index is 4470. The van der Waals surface area contributed by atoms with Crippen LogP contribution in [0.4, 0.5) is 53.1 Å². The molecule has 662 valence electrons. The van der Waals surface area contributed by atoms with Gasteiger partial charge in [0.1, 0.15) is 18.1 Å². The first-order chi connectivity index (χ1) is 57.8. The van der Waals surface area contributed by atoms with Crippen molar-refractivity contribution in [1.29, 1.82) is 0 Å². The number of carbonyl (C=O) groups is 12. The second-order valence-electron chi connectivity index (χ2n) is 33.2. The number of carboxylic acids is 4. The summed E-state index contributed by atoms with van der Waals surface area (Å²) < 4.78 is 162. The first-order valence-corrected chi connectivity index (χ1v) is 41.2. The summed E-state index contributed by atoms with van der Waals surface area (Å²) in [6.45, 7) is 0.739. The van der Waals surface area contributed by atoms with Gasteiger partial charge in [-0.25, -0.2) is 37.7 Å². The molecular formula is C85H97F11N8O18. The largest absolute Gasteiger partial charge is 0.480 e. The molecule has 0 bridgehead atoms. The van der Waals surface area contributed by atoms with Gasteiger partial charge in [-0.2, -0.15) is 44.6 Å². The van der Waals surface area contributed by atoms with Crippen molar-refractivity contribution in [2.45, 2.75) is 235 Å². The Morgan fingerprint density at radius 2 is 0.803 bits per heavy atom. The Kier molecular flexibility index (Phi) is 29.6. The van der Waals surface area contributed by atoms with Gasteiger partial charge in [-0.15, -0.1) is 0 Å². The van der Waals surface area contributed by atoms with Gasteiger partial charge in [0.15, 0.2) is 17.5 Å². The first kappa shape index (κ1) is 92.1. The molecule has 3 aromatic carbocycles. The SMILES string of the molecule is CC(F)(F)[C@@H](NC(=O)N1C(=O)C(Cc2ccncc2)[C@H]1C(=O)O)C1CCCCC1.O=C(O)[C@@H]1[C@@H](Cc2cccc3[nH]ncc23)C(=O)N1C(=O)C[C@@H](C1CCCCC1)C(F)(F)F.O=C(O)[C@@H]1[C@@H](Cc2cccc3c2OCO3)C(=O)N1C(=O)C[C@@H](C1CCCCC1)C(F)(F)F.O=C(O)[C@@H]1[C@@H](Cc2ccccc2)C(=O)N1C(=O)C[C@@H](C1CCCCC1)C(F)(F)F. The number of pyridine rings is 1. The van der Waals surface area contributed by atoms with Crippen molar-refractivity contribution in [3.05, 3.63) is 120 Å². The van der Waals surface area contributed by atoms with Crippen molar-refractivity contribution in [1.82, 2.24) is 40.1 Å². The van der Waals surface area contributed by atoms with Gasteiger partial charge in [0.25, 0.3) is 5.92 Å². The number of hydrogen-bond acceptors (Lipinski definition) is 16. The number of carboxylic acid groups (broad SMARTS) is 4. The van der Waals surface area contributed by atoms with Crippen LogP contribution < -0.4 is 14.8 Å². The Morgan fingerprint density at radius 1 is 0.443 bits per heavy atom. The molecule has 4 aliphatic carbocycles. The Balaban J connectivity index is 0.000000159. The molecule has 4 saturated carbocycles. The summed E-state index contributed by atoms with van der Waals surface area (Å²) in [4.78, 5) is 154. The number of urea groups is 1. The molecule has 6 N–H and O–H groups in total. The number of H-pyrrole nitrogens is 1. The average Bonchev–Trinajstić information content (AvgIpc) is 0.987. The fourth-order valence-electron chi connectivity index (χ4n) is 19.1. The highest BCUT2D eigenvalue weighted by atomic mass is 19.4. The van der Waals surface area contributed by atoms with Crippen LogP contribution in [0, 0.1) is 65.1 Å². The minimum atomic E-state index is -4.59. The van der Waals surface area contributed by atoms with E-state index in [2.05, 4.69) is 20.5 Å². The predicted octanol–water partition coefficient (Wildman–Crippen LogP) is 13.9.